The lowest BCUT2D eigenvalue weighted by atomic mass is 10.2. The van der Waals surface area contributed by atoms with E-state index in [1.54, 1.807) is 23.1 Å². The zero-order valence-corrected chi connectivity index (χ0v) is 12.1. The molecule has 0 amide bonds. The predicted octanol–water partition coefficient (Wildman–Crippen LogP) is 3.50. The summed E-state index contributed by atoms with van der Waals surface area (Å²) in [4.78, 5) is 0. The number of aromatic nitrogens is 2. The van der Waals surface area contributed by atoms with Gasteiger partial charge in [0.05, 0.1) is 12.4 Å². The van der Waals surface area contributed by atoms with Crippen molar-refractivity contribution in [3.8, 4) is 11.5 Å². The van der Waals surface area contributed by atoms with Gasteiger partial charge in [-0.25, -0.2) is 4.39 Å². The molecule has 0 aliphatic carbocycles. The van der Waals surface area contributed by atoms with Gasteiger partial charge in [0.15, 0.2) is 17.3 Å². The van der Waals surface area contributed by atoms with Crippen LogP contribution in [-0.4, -0.2) is 16.3 Å². The number of hydrogen-bond acceptors (Lipinski definition) is 3. The Kier molecular flexibility index (Phi) is 4.74. The van der Waals surface area contributed by atoms with Crippen molar-refractivity contribution in [1.82, 2.24) is 15.1 Å². The van der Waals surface area contributed by atoms with Crippen LogP contribution in [0.15, 0.2) is 30.6 Å². The summed E-state index contributed by atoms with van der Waals surface area (Å²) in [6.07, 6.45) is 3.37. The highest BCUT2D eigenvalue weighted by molar-refractivity contribution is 5.38. The Morgan fingerprint density at radius 1 is 1.40 bits per heavy atom. The van der Waals surface area contributed by atoms with Gasteiger partial charge < -0.3 is 10.1 Å². The van der Waals surface area contributed by atoms with Crippen molar-refractivity contribution >= 4 is 0 Å². The number of para-hydroxylation sites is 1. The van der Waals surface area contributed by atoms with Crippen molar-refractivity contribution < 1.29 is 9.13 Å². The van der Waals surface area contributed by atoms with Crippen LogP contribution in [0.4, 0.5) is 4.39 Å². The molecule has 2 aromatic rings. The molecule has 20 heavy (non-hydrogen) atoms. The average molecular weight is 277 g/mol. The Morgan fingerprint density at radius 3 is 2.85 bits per heavy atom. The van der Waals surface area contributed by atoms with Gasteiger partial charge in [0.2, 0.25) is 0 Å². The second-order valence-corrected chi connectivity index (χ2v) is 4.86. The first-order valence-electron chi connectivity index (χ1n) is 6.82. The van der Waals surface area contributed by atoms with E-state index in [9.17, 15) is 4.39 Å². The standard InChI is InChI=1S/C15H20FN3O/c1-4-17-8-12-6-5-7-14(16)15(12)20-13-9-18-19(10-13)11(2)3/h5-7,9-11,17H,4,8H2,1-3H3. The lowest BCUT2D eigenvalue weighted by Crippen LogP contribution is -2.12. The Labute approximate surface area is 118 Å². The van der Waals surface area contributed by atoms with Crippen molar-refractivity contribution in [2.24, 2.45) is 0 Å². The number of nitrogens with zero attached hydrogens (tertiary/aromatic N) is 2. The third-order valence-corrected chi connectivity index (χ3v) is 2.94. The molecule has 0 fully saturated rings. The van der Waals surface area contributed by atoms with E-state index in [0.717, 1.165) is 12.1 Å². The molecule has 2 rings (SSSR count). The maximum atomic E-state index is 13.9. The highest BCUT2D eigenvalue weighted by Gasteiger charge is 2.12. The molecule has 5 heteroatoms. The summed E-state index contributed by atoms with van der Waals surface area (Å²) in [5.41, 5.74) is 0.796. The molecular weight excluding hydrogens is 257 g/mol. The number of ether oxygens (including phenoxy) is 1. The monoisotopic (exact) mass is 277 g/mol. The van der Waals surface area contributed by atoms with Crippen molar-refractivity contribution in [1.29, 1.82) is 0 Å². The van der Waals surface area contributed by atoms with Crippen molar-refractivity contribution in [2.75, 3.05) is 6.54 Å². The minimum Gasteiger partial charge on any atom is -0.451 e. The molecule has 0 aliphatic heterocycles. The van der Waals surface area contributed by atoms with Crippen LogP contribution < -0.4 is 10.1 Å². The van der Waals surface area contributed by atoms with Crippen molar-refractivity contribution in [2.45, 2.75) is 33.4 Å². The molecule has 1 aromatic carbocycles. The highest BCUT2D eigenvalue weighted by Crippen LogP contribution is 2.28. The molecule has 108 valence electrons. The summed E-state index contributed by atoms with van der Waals surface area (Å²) in [7, 11) is 0. The number of nitrogens with one attached hydrogen (secondary N) is 1. The molecular formula is C15H20FN3O. The fourth-order valence-corrected chi connectivity index (χ4v) is 1.84. The van der Waals surface area contributed by atoms with Crippen LogP contribution in [0.5, 0.6) is 11.5 Å². The molecule has 0 spiro atoms. The zero-order valence-electron chi connectivity index (χ0n) is 12.1. The van der Waals surface area contributed by atoms with Gasteiger partial charge >= 0.3 is 0 Å². The van der Waals surface area contributed by atoms with E-state index < -0.39 is 0 Å². The second-order valence-electron chi connectivity index (χ2n) is 4.86. The molecule has 0 unspecified atom stereocenters. The van der Waals surface area contributed by atoms with Gasteiger partial charge in [0, 0.05) is 18.2 Å². The van der Waals surface area contributed by atoms with Crippen LogP contribution in [0.3, 0.4) is 0 Å². The Hall–Kier alpha value is -1.88. The minimum absolute atomic E-state index is 0.245. The molecule has 0 radical (unpaired) electrons. The predicted molar refractivity (Wildman–Crippen MR) is 76.5 cm³/mol. The van der Waals surface area contributed by atoms with Crippen LogP contribution in [0.1, 0.15) is 32.4 Å². The Balaban J connectivity index is 2.22. The van der Waals surface area contributed by atoms with Gasteiger partial charge in [0.25, 0.3) is 0 Å². The highest BCUT2D eigenvalue weighted by atomic mass is 19.1. The van der Waals surface area contributed by atoms with Crippen LogP contribution in [0.25, 0.3) is 0 Å². The summed E-state index contributed by atoms with van der Waals surface area (Å²) in [6, 6.07) is 5.19. The largest absolute Gasteiger partial charge is 0.451 e. The van der Waals surface area contributed by atoms with Crippen LogP contribution in [0.2, 0.25) is 0 Å². The third-order valence-electron chi connectivity index (χ3n) is 2.94. The van der Waals surface area contributed by atoms with Crippen LogP contribution >= 0.6 is 0 Å². The number of benzene rings is 1. The molecule has 0 bridgehead atoms. The summed E-state index contributed by atoms with van der Waals surface area (Å²) < 4.78 is 21.4. The first-order valence-corrected chi connectivity index (χ1v) is 6.82. The first-order chi connectivity index (χ1) is 9.61. The van der Waals surface area contributed by atoms with E-state index >= 15 is 0 Å². The van der Waals surface area contributed by atoms with E-state index in [-0.39, 0.29) is 17.6 Å². The lowest BCUT2D eigenvalue weighted by molar-refractivity contribution is 0.432. The smallest absolute Gasteiger partial charge is 0.167 e. The van der Waals surface area contributed by atoms with Crippen molar-refractivity contribution in [3.63, 3.8) is 0 Å². The van der Waals surface area contributed by atoms with Gasteiger partial charge in [0.1, 0.15) is 0 Å². The third kappa shape index (κ3) is 3.36. The summed E-state index contributed by atoms with van der Waals surface area (Å²) in [5.74, 6) is 0.441. The molecule has 0 atom stereocenters. The fourth-order valence-electron chi connectivity index (χ4n) is 1.84. The molecule has 0 saturated carbocycles. The number of halogens is 1. The molecule has 0 saturated heterocycles. The summed E-state index contributed by atoms with van der Waals surface area (Å²) in [5, 5.41) is 7.36. The minimum atomic E-state index is -0.363. The number of hydrogen-bond donors (Lipinski definition) is 1. The summed E-state index contributed by atoms with van der Waals surface area (Å²) in [6.45, 7) is 7.45. The normalized spacial score (nSPS) is 11.1. The van der Waals surface area contributed by atoms with E-state index in [4.69, 9.17) is 4.74 Å². The van der Waals surface area contributed by atoms with Gasteiger partial charge in [-0.1, -0.05) is 19.1 Å². The van der Waals surface area contributed by atoms with E-state index in [1.807, 2.05) is 26.8 Å². The molecule has 4 nitrogen and oxygen atoms in total. The number of rotatable bonds is 6. The summed E-state index contributed by atoms with van der Waals surface area (Å²) >= 11 is 0. The quantitative estimate of drug-likeness (QED) is 0.878. The lowest BCUT2D eigenvalue weighted by Gasteiger charge is -2.11. The van der Waals surface area contributed by atoms with Gasteiger partial charge in [-0.15, -0.1) is 0 Å². The van der Waals surface area contributed by atoms with Crippen LogP contribution in [-0.2, 0) is 6.54 Å². The van der Waals surface area contributed by atoms with Crippen molar-refractivity contribution in [3.05, 3.63) is 42.0 Å². The van der Waals surface area contributed by atoms with E-state index in [1.165, 1.54) is 6.07 Å². The Bertz CT molecular complexity index is 566. The van der Waals surface area contributed by atoms with E-state index in [0.29, 0.717) is 12.3 Å². The molecule has 1 heterocycles. The average Bonchev–Trinajstić information content (AvgIpc) is 2.88. The maximum Gasteiger partial charge on any atom is 0.167 e. The Morgan fingerprint density at radius 2 is 2.20 bits per heavy atom. The first kappa shape index (κ1) is 14.5. The zero-order chi connectivity index (χ0) is 14.5. The second kappa shape index (κ2) is 6.52. The molecule has 1 aromatic heterocycles. The SMILES string of the molecule is CCNCc1cccc(F)c1Oc1cnn(C(C)C)c1. The molecule has 0 aliphatic rings. The fraction of sp³-hybridized carbons (Fsp3) is 0.400. The maximum absolute atomic E-state index is 13.9. The van der Waals surface area contributed by atoms with Gasteiger partial charge in [-0.3, -0.25) is 4.68 Å². The van der Waals surface area contributed by atoms with Gasteiger partial charge in [-0.2, -0.15) is 5.10 Å². The topological polar surface area (TPSA) is 39.1 Å². The van der Waals surface area contributed by atoms with Crippen LogP contribution in [0, 0.1) is 5.82 Å². The van der Waals surface area contributed by atoms with Gasteiger partial charge in [-0.05, 0) is 26.5 Å². The molecule has 1 N–H and O–H groups in total. The van der Waals surface area contributed by atoms with E-state index in [2.05, 4.69) is 10.4 Å².